The molecule has 0 radical (unpaired) electrons. The van der Waals surface area contributed by atoms with Crippen LogP contribution in [0.25, 0.3) is 0 Å². The molecule has 0 aliphatic heterocycles. The van der Waals surface area contributed by atoms with Gasteiger partial charge in [-0.2, -0.15) is 22.0 Å². The highest BCUT2D eigenvalue weighted by molar-refractivity contribution is 6.30. The summed E-state index contributed by atoms with van der Waals surface area (Å²) >= 11 is 5.91. The topological polar surface area (TPSA) is 66.4 Å². The zero-order chi connectivity index (χ0) is 30.9. The smallest absolute Gasteiger partial charge is 0.383 e. The number of ketones is 1. The number of anilines is 1. The van der Waals surface area contributed by atoms with Crippen molar-refractivity contribution in [3.05, 3.63) is 87.5 Å². The molecule has 2 saturated carbocycles. The summed E-state index contributed by atoms with van der Waals surface area (Å²) in [4.78, 5) is 25.1. The van der Waals surface area contributed by atoms with Crippen molar-refractivity contribution in [1.82, 2.24) is 0 Å². The third kappa shape index (κ3) is 4.65. The van der Waals surface area contributed by atoms with Gasteiger partial charge in [0.25, 0.3) is 5.91 Å². The van der Waals surface area contributed by atoms with Crippen LogP contribution in [0.4, 0.5) is 27.6 Å². The van der Waals surface area contributed by atoms with Crippen molar-refractivity contribution in [2.45, 2.75) is 75.5 Å². The molecule has 2 aromatic carbocycles. The summed E-state index contributed by atoms with van der Waals surface area (Å²) in [6.45, 7) is 1.39. The van der Waals surface area contributed by atoms with Crippen molar-refractivity contribution < 1.29 is 36.6 Å². The van der Waals surface area contributed by atoms with Crippen LogP contribution >= 0.6 is 11.6 Å². The van der Waals surface area contributed by atoms with E-state index in [1.54, 1.807) is 54.6 Å². The molecule has 4 aliphatic rings. The summed E-state index contributed by atoms with van der Waals surface area (Å²) in [5.74, 6) is -7.11. The molecule has 1 amide bonds. The van der Waals surface area contributed by atoms with Crippen LogP contribution in [-0.4, -0.2) is 34.5 Å². The monoisotopic (exact) mass is 619 g/mol. The molecule has 43 heavy (non-hydrogen) atoms. The maximum atomic E-state index is 15.2. The van der Waals surface area contributed by atoms with Gasteiger partial charge in [-0.05, 0) is 110 Å². The van der Waals surface area contributed by atoms with Crippen molar-refractivity contribution in [2.75, 3.05) is 5.32 Å². The highest BCUT2D eigenvalue weighted by atomic mass is 35.5. The zero-order valence-electron chi connectivity index (χ0n) is 23.4. The lowest BCUT2D eigenvalue weighted by molar-refractivity contribution is -0.362. The summed E-state index contributed by atoms with van der Waals surface area (Å²) in [5, 5.41) is 14.7. The number of amides is 1. The SMILES string of the molecule is C[C@]12C[C@H](c3ccc(C(=O)Nc4ccc(Cl)cc4)cc3)C3=C4CCC(=O)C=C4CCC3C1CC[C@]2(O)C(F)(F)C(F)(F)F. The van der Waals surface area contributed by atoms with Gasteiger partial charge in [-0.25, -0.2) is 0 Å². The first-order chi connectivity index (χ1) is 20.2. The maximum absolute atomic E-state index is 15.2. The van der Waals surface area contributed by atoms with Crippen molar-refractivity contribution in [3.8, 4) is 0 Å². The van der Waals surface area contributed by atoms with Crippen LogP contribution in [0.2, 0.25) is 5.02 Å². The summed E-state index contributed by atoms with van der Waals surface area (Å²) < 4.78 is 71.6. The second-order valence-electron chi connectivity index (χ2n) is 12.5. The average molecular weight is 620 g/mol. The van der Waals surface area contributed by atoms with Crippen LogP contribution in [0, 0.1) is 17.3 Å². The fourth-order valence-electron chi connectivity index (χ4n) is 8.32. The van der Waals surface area contributed by atoms with E-state index in [-0.39, 0.29) is 30.4 Å². The summed E-state index contributed by atoms with van der Waals surface area (Å²) in [7, 11) is 0. The molecule has 2 N–H and O–H groups in total. The average Bonchev–Trinajstić information content (AvgIpc) is 3.24. The van der Waals surface area contributed by atoms with Crippen molar-refractivity contribution in [1.29, 1.82) is 0 Å². The maximum Gasteiger partial charge on any atom is 0.456 e. The van der Waals surface area contributed by atoms with Gasteiger partial charge in [0.05, 0.1) is 0 Å². The van der Waals surface area contributed by atoms with Gasteiger partial charge in [0.15, 0.2) is 5.78 Å². The van der Waals surface area contributed by atoms with Crippen LogP contribution < -0.4 is 5.32 Å². The first-order valence-electron chi connectivity index (χ1n) is 14.5. The molecule has 0 aromatic heterocycles. The molecule has 0 heterocycles. The Morgan fingerprint density at radius 1 is 0.977 bits per heavy atom. The molecule has 4 aliphatic carbocycles. The Morgan fingerprint density at radius 2 is 1.65 bits per heavy atom. The Balaban J connectivity index is 1.41. The highest BCUT2D eigenvalue weighted by Crippen LogP contribution is 2.70. The molecular formula is C33H31ClF5NO3. The minimum atomic E-state index is -5.90. The number of hydrogen-bond acceptors (Lipinski definition) is 3. The molecule has 10 heteroatoms. The lowest BCUT2D eigenvalue weighted by Gasteiger charge is -2.56. The normalized spacial score (nSPS) is 30.7. The van der Waals surface area contributed by atoms with E-state index in [0.29, 0.717) is 47.5 Å². The third-order valence-corrected chi connectivity index (χ3v) is 10.7. The largest absolute Gasteiger partial charge is 0.456 e. The Morgan fingerprint density at radius 3 is 2.30 bits per heavy atom. The number of rotatable bonds is 4. The minimum Gasteiger partial charge on any atom is -0.383 e. The van der Waals surface area contributed by atoms with E-state index in [2.05, 4.69) is 5.32 Å². The fourth-order valence-corrected chi connectivity index (χ4v) is 8.44. The van der Waals surface area contributed by atoms with Crippen LogP contribution in [-0.2, 0) is 4.79 Å². The standard InChI is InChI=1S/C33H31ClF5NO3/c1-30-17-26(18-2-4-19(5-3-18)29(42)40-22-9-7-21(34)8-10-22)28-24-13-11-23(41)16-20(24)6-12-25(28)27(30)14-15-31(30,43)32(35,36)33(37,38)39/h2-5,7-10,16,25-27,43H,6,11-15,17H2,1H3,(H,40,42)/t25?,26-,27?,30+,31-/m1/s1. The number of benzene rings is 2. The first kappa shape index (κ1) is 30.0. The van der Waals surface area contributed by atoms with Gasteiger partial charge in [0, 0.05) is 34.0 Å². The van der Waals surface area contributed by atoms with Crippen molar-refractivity contribution >= 4 is 29.0 Å². The number of hydrogen-bond donors (Lipinski definition) is 2. The number of nitrogens with one attached hydrogen (secondary N) is 1. The second kappa shape index (κ2) is 10.3. The number of allylic oxidation sites excluding steroid dienone is 4. The molecule has 2 fully saturated rings. The van der Waals surface area contributed by atoms with Gasteiger partial charge in [0.1, 0.15) is 5.60 Å². The van der Waals surface area contributed by atoms with E-state index >= 15 is 8.78 Å². The molecule has 0 saturated heterocycles. The van der Waals surface area contributed by atoms with Crippen molar-refractivity contribution in [3.63, 3.8) is 0 Å². The quantitative estimate of drug-likeness (QED) is 0.338. The first-order valence-corrected chi connectivity index (χ1v) is 14.8. The molecule has 6 rings (SSSR count). The van der Waals surface area contributed by atoms with Crippen molar-refractivity contribution in [2.24, 2.45) is 17.3 Å². The number of carbonyl (C=O) groups excluding carboxylic acids is 2. The Kier molecular flexibility index (Phi) is 7.16. The minimum absolute atomic E-state index is 0.0195. The van der Waals surface area contributed by atoms with Gasteiger partial charge >= 0.3 is 12.1 Å². The van der Waals surface area contributed by atoms with Crippen LogP contribution in [0.3, 0.4) is 0 Å². The van der Waals surface area contributed by atoms with E-state index in [9.17, 15) is 27.9 Å². The van der Waals surface area contributed by atoms with E-state index in [0.717, 1.165) is 16.7 Å². The zero-order valence-corrected chi connectivity index (χ0v) is 24.2. The predicted octanol–water partition coefficient (Wildman–Crippen LogP) is 8.42. The van der Waals surface area contributed by atoms with Gasteiger partial charge in [-0.15, -0.1) is 0 Å². The number of halogens is 6. The third-order valence-electron chi connectivity index (χ3n) is 10.4. The number of aliphatic hydroxyl groups is 1. The highest BCUT2D eigenvalue weighted by Gasteiger charge is 2.79. The van der Waals surface area contributed by atoms with E-state index in [4.69, 9.17) is 11.6 Å². The number of carbonyl (C=O) groups is 2. The molecule has 0 spiro atoms. The Hall–Kier alpha value is -3.04. The molecule has 5 atom stereocenters. The van der Waals surface area contributed by atoms with Gasteiger partial charge in [-0.3, -0.25) is 9.59 Å². The Labute approximate surface area is 251 Å². The number of alkyl halides is 5. The molecule has 2 aromatic rings. The molecule has 0 bridgehead atoms. The van der Waals surface area contributed by atoms with Gasteiger partial charge in [0.2, 0.25) is 0 Å². The summed E-state index contributed by atoms with van der Waals surface area (Å²) in [6.07, 6.45) is -3.15. The van der Waals surface area contributed by atoms with E-state index in [1.807, 2.05) is 0 Å². The Bertz CT molecular complexity index is 1530. The number of fused-ring (bicyclic) bond motifs is 4. The molecule has 228 valence electrons. The summed E-state index contributed by atoms with van der Waals surface area (Å²) in [5.41, 5.74) is -0.589. The lowest BCUT2D eigenvalue weighted by atomic mass is 9.50. The van der Waals surface area contributed by atoms with Gasteiger partial charge in [-0.1, -0.05) is 36.2 Å². The molecule has 2 unspecified atom stereocenters. The predicted molar refractivity (Wildman–Crippen MR) is 152 cm³/mol. The summed E-state index contributed by atoms with van der Waals surface area (Å²) in [6, 6.07) is 13.2. The second-order valence-corrected chi connectivity index (χ2v) is 13.0. The van der Waals surface area contributed by atoms with E-state index < -0.39 is 41.4 Å². The lowest BCUT2D eigenvalue weighted by Crippen LogP contribution is -2.65. The van der Waals surface area contributed by atoms with Gasteiger partial charge < -0.3 is 10.4 Å². The van der Waals surface area contributed by atoms with Crippen LogP contribution in [0.1, 0.15) is 73.7 Å². The van der Waals surface area contributed by atoms with Crippen LogP contribution in [0.15, 0.2) is 71.3 Å². The van der Waals surface area contributed by atoms with Crippen LogP contribution in [0.5, 0.6) is 0 Å². The van der Waals surface area contributed by atoms with E-state index in [1.165, 1.54) is 6.92 Å². The fraction of sp³-hybridized carbons (Fsp3) is 0.455. The molecular weight excluding hydrogens is 589 g/mol. The molecule has 4 nitrogen and oxygen atoms in total.